The molecule has 23 heteroatoms. The molecule has 2 heterocycles. The molecule has 22 nitrogen and oxygen atoms in total. The lowest BCUT2D eigenvalue weighted by Gasteiger charge is -2.49. The molecule has 0 spiro atoms. The monoisotopic (exact) mass is 954 g/mol. The molecule has 3 rings (SSSR count). The van der Waals surface area contributed by atoms with Crippen LogP contribution in [0.25, 0.3) is 0 Å². The van der Waals surface area contributed by atoms with Crippen LogP contribution in [-0.4, -0.2) is 184 Å². The maximum absolute atomic E-state index is 13.8. The summed E-state index contributed by atoms with van der Waals surface area (Å²) in [6.45, 7) is 18.9. The SMILES string of the molecule is CC(C)(C)OC(=O)NC[C@H](O)C(=O)N[C@@H]1C[C@H](NC(=O)OC(C)(C)C)[C@@H](O[C@H]2O[C@H](CN(CCF)C(=O)OC(C)(C)C)CC[C@H]2NC(=O)OC(C)(C)C)[C@H](O)[C@H]1O[C@H]1OC[C@](C)(O)C[C@H]1O. The molecule has 0 aromatic heterocycles. The second kappa shape index (κ2) is 23.0. The molecule has 5 amide bonds. The molecule has 2 saturated heterocycles. The fourth-order valence-corrected chi connectivity index (χ4v) is 7.23. The van der Waals surface area contributed by atoms with Crippen molar-refractivity contribution in [3.8, 4) is 0 Å². The van der Waals surface area contributed by atoms with E-state index < -0.39 is 139 Å². The van der Waals surface area contributed by atoms with Crippen molar-refractivity contribution < 1.29 is 86.7 Å². The van der Waals surface area contributed by atoms with E-state index in [4.69, 9.17) is 37.9 Å². The number of ether oxygens (including phenoxy) is 8. The maximum atomic E-state index is 13.8. The Bertz CT molecular complexity index is 1630. The number of rotatable bonds is 14. The van der Waals surface area contributed by atoms with E-state index in [2.05, 4.69) is 21.3 Å². The number of halogens is 1. The Hall–Kier alpha value is -3.84. The number of carbonyl (C=O) groups excluding carboxylic acids is 5. The fraction of sp³-hybridized carbons (Fsp3) is 0.884. The minimum Gasteiger partial charge on any atom is -0.444 e. The molecule has 3 aliphatic rings. The summed E-state index contributed by atoms with van der Waals surface area (Å²) in [4.78, 5) is 66.8. The van der Waals surface area contributed by atoms with Gasteiger partial charge in [-0.15, -0.1) is 0 Å². The van der Waals surface area contributed by atoms with Crippen molar-refractivity contribution in [3.63, 3.8) is 0 Å². The van der Waals surface area contributed by atoms with Crippen molar-refractivity contribution >= 4 is 30.3 Å². The van der Waals surface area contributed by atoms with Gasteiger partial charge in [0.2, 0.25) is 0 Å². The molecule has 0 unspecified atom stereocenters. The number of hydrogen-bond acceptors (Lipinski definition) is 17. The highest BCUT2D eigenvalue weighted by atomic mass is 19.1. The summed E-state index contributed by atoms with van der Waals surface area (Å²) in [5.74, 6) is -1.04. The average Bonchev–Trinajstić information content (AvgIpc) is 3.12. The van der Waals surface area contributed by atoms with Crippen LogP contribution in [0.3, 0.4) is 0 Å². The molecule has 0 radical (unpaired) electrons. The minimum atomic E-state index is -1.87. The van der Waals surface area contributed by atoms with Crippen molar-refractivity contribution in [2.24, 2.45) is 0 Å². The number of amides is 5. The molecule has 8 N–H and O–H groups in total. The first-order valence-corrected chi connectivity index (χ1v) is 22.3. The lowest BCUT2D eigenvalue weighted by molar-refractivity contribution is -0.304. The first-order chi connectivity index (χ1) is 30.1. The molecule has 382 valence electrons. The number of nitrogens with zero attached hydrogens (tertiary/aromatic N) is 1. The Morgan fingerprint density at radius 1 is 0.742 bits per heavy atom. The predicted octanol–water partition coefficient (Wildman–Crippen LogP) is 2.25. The van der Waals surface area contributed by atoms with Crippen LogP contribution in [0.5, 0.6) is 0 Å². The van der Waals surface area contributed by atoms with Gasteiger partial charge in [-0.1, -0.05) is 0 Å². The van der Waals surface area contributed by atoms with E-state index in [1.165, 1.54) is 6.92 Å². The highest BCUT2D eigenvalue weighted by Crippen LogP contribution is 2.34. The largest absolute Gasteiger partial charge is 0.444 e. The summed E-state index contributed by atoms with van der Waals surface area (Å²) in [6.07, 6.45) is -15.7. The van der Waals surface area contributed by atoms with Crippen LogP contribution in [0.1, 0.15) is 116 Å². The number of carbonyl (C=O) groups is 5. The molecular formula is C43H76FN5O17. The topological polar surface area (TPSA) is 291 Å². The number of hydrogen-bond donors (Lipinski definition) is 8. The van der Waals surface area contributed by atoms with Gasteiger partial charge >= 0.3 is 24.4 Å². The van der Waals surface area contributed by atoms with E-state index in [0.29, 0.717) is 0 Å². The van der Waals surface area contributed by atoms with Gasteiger partial charge in [0.25, 0.3) is 5.91 Å². The Kier molecular flexibility index (Phi) is 19.7. The van der Waals surface area contributed by atoms with Crippen LogP contribution in [0.2, 0.25) is 0 Å². The smallest absolute Gasteiger partial charge is 0.410 e. The standard InChI is InChI=1S/C43H76FN5O17/c1-39(2,3)63-35(54)45-20-28(51)32(53)46-25-18-26(48-37(56)65-41(7,8)9)31(29(52)30(25)62-34-27(50)19-43(13,58)22-59-34)61-33-24(47-36(55)64-40(4,5)6)15-14-23(60-33)21-49(17-16-44)38(57)66-42(10,11)12/h23-31,33-34,50-52,58H,14-22H2,1-13H3,(H,45,54)(H,46,53)(H,47,55)(H,48,56)/t23-,24+,25+,26-,27+,28-,29+,30-,31+,33+,34+,43+/m0/s1. The highest BCUT2D eigenvalue weighted by molar-refractivity contribution is 5.82. The third-order valence-corrected chi connectivity index (χ3v) is 9.84. The average molecular weight is 954 g/mol. The maximum Gasteiger partial charge on any atom is 0.410 e. The summed E-state index contributed by atoms with van der Waals surface area (Å²) in [5.41, 5.74) is -5.13. The first kappa shape index (κ1) is 56.5. The molecule has 2 aliphatic heterocycles. The van der Waals surface area contributed by atoms with E-state index >= 15 is 0 Å². The van der Waals surface area contributed by atoms with E-state index in [-0.39, 0.29) is 45.4 Å². The molecule has 3 fully saturated rings. The Balaban J connectivity index is 2.07. The van der Waals surface area contributed by atoms with Gasteiger partial charge in [-0.25, -0.2) is 23.6 Å². The zero-order valence-corrected chi connectivity index (χ0v) is 40.6. The third-order valence-electron chi connectivity index (χ3n) is 9.84. The van der Waals surface area contributed by atoms with Crippen LogP contribution in [0, 0.1) is 0 Å². The number of aliphatic hydroxyl groups excluding tert-OH is 3. The molecule has 0 aromatic carbocycles. The molecule has 0 aromatic rings. The molecule has 1 aliphatic carbocycles. The van der Waals surface area contributed by atoms with Crippen molar-refractivity contribution in [1.82, 2.24) is 26.2 Å². The summed E-state index contributed by atoms with van der Waals surface area (Å²) in [5, 5.41) is 55.2. The summed E-state index contributed by atoms with van der Waals surface area (Å²) < 4.78 is 60.4. The number of alkyl halides is 1. The third kappa shape index (κ3) is 19.4. The number of aliphatic hydroxyl groups is 4. The first-order valence-electron chi connectivity index (χ1n) is 22.3. The normalized spacial score (nSPS) is 30.2. The summed E-state index contributed by atoms with van der Waals surface area (Å²) >= 11 is 0. The Labute approximate surface area is 386 Å². The lowest BCUT2D eigenvalue weighted by Crippen LogP contribution is -2.69. The van der Waals surface area contributed by atoms with Gasteiger partial charge < -0.3 is 84.5 Å². The zero-order chi connectivity index (χ0) is 50.2. The van der Waals surface area contributed by atoms with Crippen molar-refractivity contribution in [2.45, 2.75) is 211 Å². The quantitative estimate of drug-likeness (QED) is 0.116. The molecule has 66 heavy (non-hydrogen) atoms. The predicted molar refractivity (Wildman–Crippen MR) is 232 cm³/mol. The van der Waals surface area contributed by atoms with Gasteiger partial charge in [-0.05, 0) is 109 Å². The van der Waals surface area contributed by atoms with Crippen LogP contribution < -0.4 is 21.3 Å². The number of nitrogens with one attached hydrogen (secondary N) is 4. The van der Waals surface area contributed by atoms with E-state index in [9.17, 15) is 48.8 Å². The van der Waals surface area contributed by atoms with Crippen molar-refractivity contribution in [3.05, 3.63) is 0 Å². The zero-order valence-electron chi connectivity index (χ0n) is 40.6. The van der Waals surface area contributed by atoms with E-state index in [0.717, 1.165) is 4.90 Å². The van der Waals surface area contributed by atoms with Crippen molar-refractivity contribution in [1.29, 1.82) is 0 Å². The lowest BCUT2D eigenvalue weighted by atomic mass is 9.83. The second-order valence-electron chi connectivity index (χ2n) is 21.2. The van der Waals surface area contributed by atoms with Gasteiger partial charge in [-0.2, -0.15) is 0 Å². The van der Waals surface area contributed by atoms with Gasteiger partial charge in [0, 0.05) is 6.42 Å². The summed E-state index contributed by atoms with van der Waals surface area (Å²) in [6, 6.07) is -3.57. The second-order valence-corrected chi connectivity index (χ2v) is 21.2. The number of alkyl carbamates (subject to hydrolysis) is 3. The van der Waals surface area contributed by atoms with Crippen LogP contribution in [0.4, 0.5) is 23.6 Å². The highest BCUT2D eigenvalue weighted by Gasteiger charge is 2.52. The fourth-order valence-electron chi connectivity index (χ4n) is 7.23. The molecule has 1 saturated carbocycles. The van der Waals surface area contributed by atoms with Crippen LogP contribution in [0.15, 0.2) is 0 Å². The minimum absolute atomic E-state index is 0.148. The van der Waals surface area contributed by atoms with Gasteiger partial charge in [0.1, 0.15) is 59.6 Å². The van der Waals surface area contributed by atoms with Crippen LogP contribution >= 0.6 is 0 Å². The molecule has 12 atom stereocenters. The molecular weight excluding hydrogens is 877 g/mol. The van der Waals surface area contributed by atoms with Crippen LogP contribution in [-0.2, 0) is 42.7 Å². The van der Waals surface area contributed by atoms with E-state index in [1.807, 2.05) is 0 Å². The van der Waals surface area contributed by atoms with Gasteiger partial charge in [0.15, 0.2) is 12.6 Å². The molecule has 0 bridgehead atoms. The van der Waals surface area contributed by atoms with Gasteiger partial charge in [0.05, 0.1) is 56.1 Å². The van der Waals surface area contributed by atoms with Crippen molar-refractivity contribution in [2.75, 3.05) is 32.9 Å². The summed E-state index contributed by atoms with van der Waals surface area (Å²) in [7, 11) is 0. The van der Waals surface area contributed by atoms with E-state index in [1.54, 1.807) is 83.1 Å². The Morgan fingerprint density at radius 2 is 1.24 bits per heavy atom. The Morgan fingerprint density at radius 3 is 1.76 bits per heavy atom. The van der Waals surface area contributed by atoms with Gasteiger partial charge in [-0.3, -0.25) is 4.79 Å².